The van der Waals surface area contributed by atoms with Crippen LogP contribution in [0.25, 0.3) is 22.2 Å². The Morgan fingerprint density at radius 1 is 1.04 bits per heavy atom. The number of aromatic nitrogens is 1. The Morgan fingerprint density at radius 3 is 2.24 bits per heavy atom. The molecule has 0 bridgehead atoms. The molecule has 6 heteroatoms. The number of alkyl halides is 3. The molecule has 1 heterocycles. The molecule has 2 nitrogen and oxygen atoms in total. The molecule has 0 atom stereocenters. The average Bonchev–Trinajstić information content (AvgIpc) is 2.54. The molecule has 3 rings (SSSR count). The lowest BCUT2D eigenvalue weighted by molar-refractivity contribution is -0.137. The second-order valence-electron chi connectivity index (χ2n) is 5.81. The molecule has 0 saturated carbocycles. The number of methoxy groups -OCH3 is 1. The van der Waals surface area contributed by atoms with E-state index in [-0.39, 0.29) is 0 Å². The summed E-state index contributed by atoms with van der Waals surface area (Å²) in [5.74, 6) is 0.685. The largest absolute Gasteiger partial charge is 0.496 e. The van der Waals surface area contributed by atoms with Crippen LogP contribution < -0.4 is 4.74 Å². The van der Waals surface area contributed by atoms with E-state index < -0.39 is 11.7 Å². The van der Waals surface area contributed by atoms with Crippen molar-refractivity contribution in [3.63, 3.8) is 0 Å². The fraction of sp³-hybridized carbons (Fsp3) is 0.211. The molecule has 2 aromatic carbocycles. The van der Waals surface area contributed by atoms with Crippen molar-refractivity contribution >= 4 is 26.8 Å². The van der Waals surface area contributed by atoms with Crippen LogP contribution in [0.3, 0.4) is 0 Å². The normalized spacial score (nSPS) is 11.8. The number of hydrogen-bond acceptors (Lipinski definition) is 2. The number of hydrogen-bond donors (Lipinski definition) is 0. The van der Waals surface area contributed by atoms with Crippen LogP contribution in [0.15, 0.2) is 40.9 Å². The van der Waals surface area contributed by atoms with Gasteiger partial charge in [0.25, 0.3) is 0 Å². The molecule has 0 aliphatic heterocycles. The van der Waals surface area contributed by atoms with Gasteiger partial charge < -0.3 is 4.74 Å². The minimum Gasteiger partial charge on any atom is -0.496 e. The van der Waals surface area contributed by atoms with Gasteiger partial charge in [-0.3, -0.25) is 0 Å². The van der Waals surface area contributed by atoms with Crippen LogP contribution in [0.1, 0.15) is 16.7 Å². The maximum atomic E-state index is 12.8. The number of aryl methyl sites for hydroxylation is 1. The van der Waals surface area contributed by atoms with Crippen LogP contribution in [0.2, 0.25) is 0 Å². The second-order valence-corrected chi connectivity index (χ2v) is 6.73. The molecule has 0 saturated heterocycles. The third-order valence-electron chi connectivity index (χ3n) is 4.12. The van der Waals surface area contributed by atoms with Crippen LogP contribution in [0.4, 0.5) is 13.2 Å². The van der Waals surface area contributed by atoms with Crippen molar-refractivity contribution < 1.29 is 17.9 Å². The predicted molar refractivity (Wildman–Crippen MR) is 95.9 cm³/mol. The van der Waals surface area contributed by atoms with E-state index in [2.05, 4.69) is 20.9 Å². The Labute approximate surface area is 151 Å². The molecule has 0 aliphatic carbocycles. The van der Waals surface area contributed by atoms with Crippen LogP contribution in [0.5, 0.6) is 5.75 Å². The average molecular weight is 410 g/mol. The first-order valence-corrected chi connectivity index (χ1v) is 8.33. The molecule has 1 aromatic heterocycles. The molecule has 0 aliphatic rings. The van der Waals surface area contributed by atoms with Crippen LogP contribution in [0, 0.1) is 13.8 Å². The highest BCUT2D eigenvalue weighted by molar-refractivity contribution is 9.10. The quantitative estimate of drug-likeness (QED) is 0.494. The van der Waals surface area contributed by atoms with Crippen molar-refractivity contribution in [3.05, 3.63) is 57.6 Å². The summed E-state index contributed by atoms with van der Waals surface area (Å²) in [6.07, 6.45) is -4.36. The van der Waals surface area contributed by atoms with Gasteiger partial charge >= 0.3 is 6.18 Å². The van der Waals surface area contributed by atoms with Gasteiger partial charge in [-0.2, -0.15) is 13.2 Å². The minimum atomic E-state index is -4.36. The minimum absolute atomic E-state index is 0.607. The first-order chi connectivity index (χ1) is 11.7. The number of benzene rings is 2. The van der Waals surface area contributed by atoms with Gasteiger partial charge in [0.2, 0.25) is 0 Å². The number of nitrogens with zero attached hydrogens (tertiary/aromatic N) is 1. The van der Waals surface area contributed by atoms with Gasteiger partial charge in [-0.1, -0.05) is 28.1 Å². The van der Waals surface area contributed by atoms with Crippen LogP contribution >= 0.6 is 15.9 Å². The topological polar surface area (TPSA) is 22.1 Å². The van der Waals surface area contributed by atoms with Gasteiger partial charge in [0.05, 0.1) is 23.9 Å². The van der Waals surface area contributed by atoms with E-state index in [0.717, 1.165) is 38.6 Å². The fourth-order valence-corrected chi connectivity index (χ4v) is 3.52. The van der Waals surface area contributed by atoms with E-state index in [1.807, 2.05) is 26.0 Å². The van der Waals surface area contributed by atoms with E-state index >= 15 is 0 Å². The summed E-state index contributed by atoms with van der Waals surface area (Å²) in [6.45, 7) is 3.83. The molecule has 0 fully saturated rings. The van der Waals surface area contributed by atoms with E-state index in [1.54, 1.807) is 7.11 Å². The predicted octanol–water partition coefficient (Wildman–Crippen LogP) is 6.31. The molecule has 0 amide bonds. The SMILES string of the molecule is COc1c(C)c(-c2ccc(C(F)(F)F)cc2)nc2cc(Br)cc(C)c12. The van der Waals surface area contributed by atoms with Gasteiger partial charge in [0, 0.05) is 21.0 Å². The number of halogens is 4. The molecule has 0 spiro atoms. The van der Waals surface area contributed by atoms with Gasteiger partial charge in [0.1, 0.15) is 5.75 Å². The first kappa shape index (κ1) is 17.7. The standard InChI is InChI=1S/C19H15BrF3NO/c1-10-8-14(20)9-15-16(10)18(25-3)11(2)17(24-15)12-4-6-13(7-5-12)19(21,22)23/h4-9H,1-3H3. The Balaban J connectivity index is 2.25. The number of fused-ring (bicyclic) bond motifs is 1. The first-order valence-electron chi connectivity index (χ1n) is 7.54. The molecule has 130 valence electrons. The lowest BCUT2D eigenvalue weighted by Gasteiger charge is -2.16. The van der Waals surface area contributed by atoms with Crippen molar-refractivity contribution in [3.8, 4) is 17.0 Å². The zero-order valence-electron chi connectivity index (χ0n) is 13.8. The molecular formula is C19H15BrF3NO. The molecular weight excluding hydrogens is 395 g/mol. The Kier molecular flexibility index (Phi) is 4.49. The zero-order valence-corrected chi connectivity index (χ0v) is 15.4. The van der Waals surface area contributed by atoms with Gasteiger partial charge in [-0.05, 0) is 43.7 Å². The maximum Gasteiger partial charge on any atom is 0.416 e. The molecule has 25 heavy (non-hydrogen) atoms. The van der Waals surface area contributed by atoms with E-state index in [4.69, 9.17) is 4.74 Å². The van der Waals surface area contributed by atoms with Gasteiger partial charge in [-0.25, -0.2) is 4.98 Å². The Hall–Kier alpha value is -2.08. The second kappa shape index (κ2) is 6.33. The van der Waals surface area contributed by atoms with Crippen molar-refractivity contribution in [2.75, 3.05) is 7.11 Å². The molecule has 0 unspecified atom stereocenters. The molecule has 3 aromatic rings. The fourth-order valence-electron chi connectivity index (χ4n) is 2.96. The Morgan fingerprint density at radius 2 is 1.68 bits per heavy atom. The highest BCUT2D eigenvalue weighted by Crippen LogP contribution is 2.38. The highest BCUT2D eigenvalue weighted by atomic mass is 79.9. The van der Waals surface area contributed by atoms with E-state index in [1.165, 1.54) is 12.1 Å². The van der Waals surface area contributed by atoms with Crippen LogP contribution in [-0.2, 0) is 6.18 Å². The number of ether oxygens (including phenoxy) is 1. The Bertz CT molecular complexity index is 950. The zero-order chi connectivity index (χ0) is 18.4. The third kappa shape index (κ3) is 3.23. The van der Waals surface area contributed by atoms with Gasteiger partial charge in [0.15, 0.2) is 0 Å². The van der Waals surface area contributed by atoms with Crippen LogP contribution in [-0.4, -0.2) is 12.1 Å². The number of pyridine rings is 1. The van der Waals surface area contributed by atoms with Crippen molar-refractivity contribution in [1.29, 1.82) is 0 Å². The van der Waals surface area contributed by atoms with Gasteiger partial charge in [-0.15, -0.1) is 0 Å². The summed E-state index contributed by atoms with van der Waals surface area (Å²) in [6, 6.07) is 8.86. The molecule has 0 radical (unpaired) electrons. The highest BCUT2D eigenvalue weighted by Gasteiger charge is 2.30. The summed E-state index contributed by atoms with van der Waals surface area (Å²) in [4.78, 5) is 4.68. The summed E-state index contributed by atoms with van der Waals surface area (Å²) in [5, 5.41) is 0.902. The van der Waals surface area contributed by atoms with Crippen molar-refractivity contribution in [1.82, 2.24) is 4.98 Å². The summed E-state index contributed by atoms with van der Waals surface area (Å²) in [7, 11) is 1.58. The third-order valence-corrected chi connectivity index (χ3v) is 4.58. The summed E-state index contributed by atoms with van der Waals surface area (Å²) >= 11 is 3.45. The van der Waals surface area contributed by atoms with Crippen molar-refractivity contribution in [2.45, 2.75) is 20.0 Å². The van der Waals surface area contributed by atoms with E-state index in [0.29, 0.717) is 17.0 Å². The lowest BCUT2D eigenvalue weighted by atomic mass is 10.00. The molecule has 0 N–H and O–H groups in total. The van der Waals surface area contributed by atoms with Crippen molar-refractivity contribution in [2.24, 2.45) is 0 Å². The summed E-state index contributed by atoms with van der Waals surface area (Å²) in [5.41, 5.74) is 3.07. The summed E-state index contributed by atoms with van der Waals surface area (Å²) < 4.78 is 44.8. The monoisotopic (exact) mass is 409 g/mol. The van der Waals surface area contributed by atoms with E-state index in [9.17, 15) is 13.2 Å². The number of rotatable bonds is 2. The smallest absolute Gasteiger partial charge is 0.416 e. The maximum absolute atomic E-state index is 12.8. The lowest BCUT2D eigenvalue weighted by Crippen LogP contribution is -2.04.